The van der Waals surface area contributed by atoms with E-state index in [1.165, 1.54) is 25.7 Å². The molecule has 22 heavy (non-hydrogen) atoms. The van der Waals surface area contributed by atoms with Crippen LogP contribution in [0.2, 0.25) is 0 Å². The molecule has 5 nitrogen and oxygen atoms in total. The highest BCUT2D eigenvalue weighted by Crippen LogP contribution is 2.43. The van der Waals surface area contributed by atoms with Crippen LogP contribution in [0.15, 0.2) is 11.8 Å². The highest BCUT2D eigenvalue weighted by Gasteiger charge is 2.40. The summed E-state index contributed by atoms with van der Waals surface area (Å²) in [6.45, 7) is 2.67. The maximum Gasteiger partial charge on any atom is 0.285 e. The molecule has 1 amide bonds. The van der Waals surface area contributed by atoms with Crippen LogP contribution in [0.1, 0.15) is 45.4 Å². The zero-order valence-corrected chi connectivity index (χ0v) is 13.7. The predicted octanol–water partition coefficient (Wildman–Crippen LogP) is 2.20. The van der Waals surface area contributed by atoms with Gasteiger partial charge >= 0.3 is 0 Å². The average Bonchev–Trinajstić information content (AvgIpc) is 3.06. The molecule has 3 atom stereocenters. The third-order valence-electron chi connectivity index (χ3n) is 4.85. The van der Waals surface area contributed by atoms with Crippen LogP contribution in [0.25, 0.3) is 0 Å². The second-order valence-electron chi connectivity index (χ2n) is 6.20. The molecule has 0 radical (unpaired) electrons. The van der Waals surface area contributed by atoms with Gasteiger partial charge in [-0.2, -0.15) is 0 Å². The van der Waals surface area contributed by atoms with Crippen molar-refractivity contribution in [1.29, 1.82) is 0 Å². The summed E-state index contributed by atoms with van der Waals surface area (Å²) >= 11 is 0. The number of nitrogens with one attached hydrogen (secondary N) is 1. The minimum atomic E-state index is -0.389. The van der Waals surface area contributed by atoms with Gasteiger partial charge in [0, 0.05) is 26.2 Å². The number of likely N-dealkylation sites (N-methyl/N-ethyl adjacent to an activating group) is 1. The summed E-state index contributed by atoms with van der Waals surface area (Å²) in [5.41, 5.74) is 0. The van der Waals surface area contributed by atoms with Crippen LogP contribution in [-0.2, 0) is 14.3 Å². The van der Waals surface area contributed by atoms with Gasteiger partial charge in [-0.1, -0.05) is 12.8 Å². The molecule has 0 unspecified atom stereocenters. The van der Waals surface area contributed by atoms with Crippen LogP contribution in [0, 0.1) is 17.8 Å². The number of ether oxygens (including phenoxy) is 2. The molecular weight excluding hydrogens is 282 g/mol. The smallest absolute Gasteiger partial charge is 0.285 e. The Bertz CT molecular complexity index is 390. The topological polar surface area (TPSA) is 67.8 Å². The molecule has 126 valence electrons. The van der Waals surface area contributed by atoms with Gasteiger partial charge in [-0.05, 0) is 50.5 Å². The molecule has 0 saturated heterocycles. The molecule has 0 aromatic heterocycles. The Morgan fingerprint density at radius 3 is 2.77 bits per heavy atom. The van der Waals surface area contributed by atoms with Gasteiger partial charge in [0.1, 0.15) is 0 Å². The van der Waals surface area contributed by atoms with E-state index in [0.29, 0.717) is 24.2 Å². The maximum atomic E-state index is 12.0. The molecule has 0 aromatic carbocycles. The number of rotatable bonds is 7. The van der Waals surface area contributed by atoms with Gasteiger partial charge in [-0.25, -0.2) is 0 Å². The van der Waals surface area contributed by atoms with E-state index in [9.17, 15) is 9.90 Å². The number of hydrogen-bond donors (Lipinski definition) is 2. The van der Waals surface area contributed by atoms with E-state index in [4.69, 9.17) is 9.47 Å². The molecule has 2 rings (SSSR count). The number of carbonyl (C=O) groups is 1. The lowest BCUT2D eigenvalue weighted by atomic mass is 9.76. The quantitative estimate of drug-likeness (QED) is 0.756. The minimum Gasteiger partial charge on any atom is -0.459 e. The summed E-state index contributed by atoms with van der Waals surface area (Å²) in [4.78, 5) is 12.0. The zero-order valence-electron chi connectivity index (χ0n) is 13.7. The summed E-state index contributed by atoms with van der Waals surface area (Å²) in [7, 11) is 1.62. The molecule has 1 aliphatic carbocycles. The monoisotopic (exact) mass is 311 g/mol. The Morgan fingerprint density at radius 2 is 2.18 bits per heavy atom. The molecular formula is C17H29NO4. The SMILES string of the molecule is CCO[C@H]1OC(C(=O)NC)=C[C@@H](C2CCCC2)[C@H]1CCCO. The van der Waals surface area contributed by atoms with Crippen molar-refractivity contribution < 1.29 is 19.4 Å². The van der Waals surface area contributed by atoms with E-state index in [-0.39, 0.29) is 24.7 Å². The van der Waals surface area contributed by atoms with Crippen LogP contribution >= 0.6 is 0 Å². The summed E-state index contributed by atoms with van der Waals surface area (Å²) < 4.78 is 11.6. The summed E-state index contributed by atoms with van der Waals surface area (Å²) in [5.74, 6) is 1.30. The first kappa shape index (κ1) is 17.3. The van der Waals surface area contributed by atoms with Gasteiger partial charge in [0.25, 0.3) is 5.91 Å². The Kier molecular flexibility index (Phi) is 6.70. The van der Waals surface area contributed by atoms with Crippen LogP contribution in [-0.4, -0.2) is 37.6 Å². The number of amides is 1. The zero-order chi connectivity index (χ0) is 15.9. The number of aliphatic hydroxyl groups excluding tert-OH is 1. The molecule has 2 N–H and O–H groups in total. The fourth-order valence-corrected chi connectivity index (χ4v) is 3.79. The molecule has 0 bridgehead atoms. The summed E-state index contributed by atoms with van der Waals surface area (Å²) in [5, 5.41) is 11.8. The van der Waals surface area contributed by atoms with Crippen LogP contribution in [0.5, 0.6) is 0 Å². The molecule has 5 heteroatoms. The highest BCUT2D eigenvalue weighted by atomic mass is 16.7. The lowest BCUT2D eigenvalue weighted by Crippen LogP contribution is -2.41. The van der Waals surface area contributed by atoms with Gasteiger partial charge in [0.15, 0.2) is 5.76 Å². The lowest BCUT2D eigenvalue weighted by molar-refractivity contribution is -0.175. The van der Waals surface area contributed by atoms with Crippen molar-refractivity contribution in [1.82, 2.24) is 5.32 Å². The van der Waals surface area contributed by atoms with Crippen molar-refractivity contribution in [3.63, 3.8) is 0 Å². The predicted molar refractivity (Wildman–Crippen MR) is 83.9 cm³/mol. The third-order valence-corrected chi connectivity index (χ3v) is 4.85. The summed E-state index contributed by atoms with van der Waals surface area (Å²) in [6.07, 6.45) is 8.15. The second kappa shape index (κ2) is 8.53. The standard InChI is InChI=1S/C17H29NO4/c1-3-21-17-13(9-6-10-19)14(12-7-4-5-8-12)11-15(22-17)16(20)18-2/h11-14,17,19H,3-10H2,1-2H3,(H,18,20)/t13-,14+,17+/m1/s1. The van der Waals surface area contributed by atoms with Crippen molar-refractivity contribution >= 4 is 5.91 Å². The van der Waals surface area contributed by atoms with Crippen molar-refractivity contribution in [2.75, 3.05) is 20.3 Å². The second-order valence-corrected chi connectivity index (χ2v) is 6.20. The normalized spacial score (nSPS) is 29.0. The Labute approximate surface area is 133 Å². The van der Waals surface area contributed by atoms with E-state index in [1.54, 1.807) is 7.05 Å². The van der Waals surface area contributed by atoms with Crippen LogP contribution in [0.4, 0.5) is 0 Å². The van der Waals surface area contributed by atoms with Crippen molar-refractivity contribution in [2.45, 2.75) is 51.7 Å². The Hall–Kier alpha value is -1.07. The number of allylic oxidation sites excluding steroid dienone is 1. The van der Waals surface area contributed by atoms with Gasteiger partial charge in [-0.3, -0.25) is 4.79 Å². The third kappa shape index (κ3) is 4.02. The van der Waals surface area contributed by atoms with Gasteiger partial charge in [0.05, 0.1) is 0 Å². The van der Waals surface area contributed by atoms with E-state index < -0.39 is 0 Å². The lowest BCUT2D eigenvalue weighted by Gasteiger charge is -2.39. The molecule has 1 heterocycles. The molecule has 2 aliphatic rings. The van der Waals surface area contributed by atoms with Crippen molar-refractivity contribution in [3.05, 3.63) is 11.8 Å². The van der Waals surface area contributed by atoms with E-state index in [0.717, 1.165) is 12.8 Å². The van der Waals surface area contributed by atoms with E-state index in [2.05, 4.69) is 5.32 Å². The fourth-order valence-electron chi connectivity index (χ4n) is 3.79. The van der Waals surface area contributed by atoms with Crippen molar-refractivity contribution in [2.24, 2.45) is 17.8 Å². The number of hydrogen-bond acceptors (Lipinski definition) is 4. The Balaban J connectivity index is 2.23. The van der Waals surface area contributed by atoms with Crippen LogP contribution in [0.3, 0.4) is 0 Å². The average molecular weight is 311 g/mol. The maximum absolute atomic E-state index is 12.0. The molecule has 0 aromatic rings. The fraction of sp³-hybridized carbons (Fsp3) is 0.824. The van der Waals surface area contributed by atoms with Crippen molar-refractivity contribution in [3.8, 4) is 0 Å². The van der Waals surface area contributed by atoms with Crippen LogP contribution < -0.4 is 5.32 Å². The van der Waals surface area contributed by atoms with Gasteiger partial charge < -0.3 is 19.9 Å². The largest absolute Gasteiger partial charge is 0.459 e. The highest BCUT2D eigenvalue weighted by molar-refractivity contribution is 5.91. The van der Waals surface area contributed by atoms with Gasteiger partial charge in [0.2, 0.25) is 6.29 Å². The molecule has 0 spiro atoms. The van der Waals surface area contributed by atoms with Gasteiger partial charge in [-0.15, -0.1) is 0 Å². The van der Waals surface area contributed by atoms with E-state index in [1.807, 2.05) is 13.0 Å². The molecule has 1 saturated carbocycles. The first-order valence-electron chi connectivity index (χ1n) is 8.54. The number of aliphatic hydroxyl groups is 1. The first-order valence-corrected chi connectivity index (χ1v) is 8.54. The first-order chi connectivity index (χ1) is 10.7. The molecule has 1 fully saturated rings. The summed E-state index contributed by atoms with van der Waals surface area (Å²) in [6, 6.07) is 0. The van der Waals surface area contributed by atoms with E-state index >= 15 is 0 Å². The Morgan fingerprint density at radius 1 is 1.45 bits per heavy atom. The molecule has 1 aliphatic heterocycles. The number of carbonyl (C=O) groups excluding carboxylic acids is 1. The minimum absolute atomic E-state index is 0.179.